The predicted molar refractivity (Wildman–Crippen MR) is 82.7 cm³/mol. The van der Waals surface area contributed by atoms with Gasteiger partial charge in [0.1, 0.15) is 6.61 Å². The molecule has 0 N–H and O–H groups in total. The van der Waals surface area contributed by atoms with E-state index in [-0.39, 0.29) is 18.4 Å². The molecule has 2 aromatic heterocycles. The highest BCUT2D eigenvalue weighted by Gasteiger charge is 2.27. The minimum atomic E-state index is 0.0305. The van der Waals surface area contributed by atoms with Gasteiger partial charge in [-0.15, -0.1) is 10.2 Å². The summed E-state index contributed by atoms with van der Waals surface area (Å²) in [5, 5.41) is 8.29. The molecular weight excluding hydrogens is 296 g/mol. The number of aryl methyl sites for hydroxylation is 1. The Kier molecular flexibility index (Phi) is 4.66. The molecule has 7 nitrogen and oxygen atoms in total. The third-order valence-corrected chi connectivity index (χ3v) is 4.06. The van der Waals surface area contributed by atoms with Gasteiger partial charge in [-0.25, -0.2) is 0 Å². The lowest BCUT2D eigenvalue weighted by Gasteiger charge is -2.30. The number of amides is 1. The van der Waals surface area contributed by atoms with E-state index in [4.69, 9.17) is 9.15 Å². The predicted octanol–water partition coefficient (Wildman–Crippen LogP) is 1.79. The molecule has 3 heterocycles. The molecule has 0 radical (unpaired) electrons. The Morgan fingerprint density at radius 2 is 2.13 bits per heavy atom. The van der Waals surface area contributed by atoms with Crippen molar-refractivity contribution in [3.63, 3.8) is 0 Å². The van der Waals surface area contributed by atoms with Crippen molar-refractivity contribution in [2.45, 2.75) is 25.7 Å². The van der Waals surface area contributed by atoms with Gasteiger partial charge in [-0.2, -0.15) is 0 Å². The van der Waals surface area contributed by atoms with E-state index < -0.39 is 0 Å². The van der Waals surface area contributed by atoms with Crippen LogP contribution in [0.15, 0.2) is 22.7 Å². The van der Waals surface area contributed by atoms with E-state index >= 15 is 0 Å². The Morgan fingerprint density at radius 1 is 1.35 bits per heavy atom. The van der Waals surface area contributed by atoms with Crippen LogP contribution in [0.25, 0.3) is 11.5 Å². The van der Waals surface area contributed by atoms with Gasteiger partial charge in [-0.1, -0.05) is 0 Å². The summed E-state index contributed by atoms with van der Waals surface area (Å²) in [4.78, 5) is 17.9. The molecule has 1 fully saturated rings. The van der Waals surface area contributed by atoms with Gasteiger partial charge in [0, 0.05) is 38.0 Å². The highest BCUT2D eigenvalue weighted by atomic mass is 16.5. The number of ether oxygens (including phenoxy) is 1. The number of carbonyl (C=O) groups excluding carboxylic acids is 1. The van der Waals surface area contributed by atoms with Crippen molar-refractivity contribution in [3.05, 3.63) is 29.9 Å². The van der Waals surface area contributed by atoms with Crippen LogP contribution in [0, 0.1) is 6.92 Å². The summed E-state index contributed by atoms with van der Waals surface area (Å²) >= 11 is 0. The van der Waals surface area contributed by atoms with Crippen molar-refractivity contribution in [2.75, 3.05) is 26.8 Å². The highest BCUT2D eigenvalue weighted by molar-refractivity contribution is 5.77. The van der Waals surface area contributed by atoms with Crippen molar-refractivity contribution in [1.82, 2.24) is 20.1 Å². The number of carbonyl (C=O) groups is 1. The SMILES string of the molecule is COCC(=O)N1CCC(c2nnc(-c3ccc(C)nc3)o2)CC1. The Hall–Kier alpha value is -2.28. The first-order valence-electron chi connectivity index (χ1n) is 7.70. The minimum absolute atomic E-state index is 0.0305. The van der Waals surface area contributed by atoms with Gasteiger partial charge in [0.05, 0.1) is 5.56 Å². The van der Waals surface area contributed by atoms with Crippen LogP contribution >= 0.6 is 0 Å². The van der Waals surface area contributed by atoms with Gasteiger partial charge in [-0.3, -0.25) is 9.78 Å². The van der Waals surface area contributed by atoms with Crippen LogP contribution in [0.4, 0.5) is 0 Å². The minimum Gasteiger partial charge on any atom is -0.420 e. The standard InChI is InChI=1S/C16H20N4O3/c1-11-3-4-13(9-17-11)16-19-18-15(23-16)12-5-7-20(8-6-12)14(21)10-22-2/h3-4,9,12H,5-8,10H2,1-2H3. The zero-order chi connectivity index (χ0) is 16.2. The van der Waals surface area contributed by atoms with Crippen LogP contribution in [0.2, 0.25) is 0 Å². The van der Waals surface area contributed by atoms with E-state index in [1.54, 1.807) is 6.20 Å². The fraction of sp³-hybridized carbons (Fsp3) is 0.500. The molecule has 3 rings (SSSR count). The fourth-order valence-corrected chi connectivity index (χ4v) is 2.70. The number of pyridine rings is 1. The van der Waals surface area contributed by atoms with Crippen LogP contribution in [-0.2, 0) is 9.53 Å². The number of methoxy groups -OCH3 is 1. The third-order valence-electron chi connectivity index (χ3n) is 4.06. The maximum absolute atomic E-state index is 11.8. The first-order chi connectivity index (χ1) is 11.2. The molecule has 0 aliphatic carbocycles. The second-order valence-corrected chi connectivity index (χ2v) is 5.72. The largest absolute Gasteiger partial charge is 0.420 e. The second-order valence-electron chi connectivity index (χ2n) is 5.72. The number of hydrogen-bond acceptors (Lipinski definition) is 6. The lowest BCUT2D eigenvalue weighted by molar-refractivity contribution is -0.136. The van der Waals surface area contributed by atoms with Crippen molar-refractivity contribution in [2.24, 2.45) is 0 Å². The lowest BCUT2D eigenvalue weighted by Crippen LogP contribution is -2.39. The van der Waals surface area contributed by atoms with Crippen molar-refractivity contribution in [1.29, 1.82) is 0 Å². The number of hydrogen-bond donors (Lipinski definition) is 0. The smallest absolute Gasteiger partial charge is 0.249 e. The maximum atomic E-state index is 11.8. The summed E-state index contributed by atoms with van der Waals surface area (Å²) in [6.07, 6.45) is 3.38. The molecular formula is C16H20N4O3. The summed E-state index contributed by atoms with van der Waals surface area (Å²) in [5.74, 6) is 1.36. The van der Waals surface area contributed by atoms with Crippen LogP contribution in [0.5, 0.6) is 0 Å². The first-order valence-corrected chi connectivity index (χ1v) is 7.70. The average Bonchev–Trinajstić information content (AvgIpc) is 3.06. The highest BCUT2D eigenvalue weighted by Crippen LogP contribution is 2.29. The zero-order valence-corrected chi connectivity index (χ0v) is 13.4. The van der Waals surface area contributed by atoms with E-state index in [9.17, 15) is 4.79 Å². The van der Waals surface area contributed by atoms with Crippen LogP contribution in [0.1, 0.15) is 30.3 Å². The summed E-state index contributed by atoms with van der Waals surface area (Å²) in [6, 6.07) is 3.84. The molecule has 122 valence electrons. The Bertz CT molecular complexity index is 660. The topological polar surface area (TPSA) is 81.4 Å². The number of aromatic nitrogens is 3. The molecule has 0 unspecified atom stereocenters. The second kappa shape index (κ2) is 6.87. The van der Waals surface area contributed by atoms with Crippen molar-refractivity contribution >= 4 is 5.91 Å². The zero-order valence-electron chi connectivity index (χ0n) is 13.4. The van der Waals surface area contributed by atoms with E-state index in [2.05, 4.69) is 15.2 Å². The number of nitrogens with zero attached hydrogens (tertiary/aromatic N) is 4. The summed E-state index contributed by atoms with van der Waals surface area (Å²) < 4.78 is 10.7. The Labute approximate surface area is 134 Å². The molecule has 1 amide bonds. The fourth-order valence-electron chi connectivity index (χ4n) is 2.70. The van der Waals surface area contributed by atoms with Gasteiger partial charge in [0.15, 0.2) is 0 Å². The molecule has 1 aliphatic rings. The molecule has 2 aromatic rings. The molecule has 23 heavy (non-hydrogen) atoms. The monoisotopic (exact) mass is 316 g/mol. The van der Waals surface area contributed by atoms with Crippen molar-refractivity contribution in [3.8, 4) is 11.5 Å². The summed E-state index contributed by atoms with van der Waals surface area (Å²) in [6.45, 7) is 3.45. The molecule has 0 spiro atoms. The van der Waals surface area contributed by atoms with Crippen LogP contribution < -0.4 is 0 Å². The molecule has 1 aliphatic heterocycles. The Balaban J connectivity index is 1.63. The number of rotatable bonds is 4. The summed E-state index contributed by atoms with van der Waals surface area (Å²) in [7, 11) is 1.53. The van der Waals surface area contributed by atoms with E-state index in [0.717, 1.165) is 24.1 Å². The molecule has 0 bridgehead atoms. The van der Waals surface area contributed by atoms with E-state index in [0.29, 0.717) is 24.9 Å². The van der Waals surface area contributed by atoms with Gasteiger partial charge >= 0.3 is 0 Å². The lowest BCUT2D eigenvalue weighted by atomic mass is 9.97. The quantitative estimate of drug-likeness (QED) is 0.855. The molecule has 0 aromatic carbocycles. The molecule has 1 saturated heterocycles. The molecule has 0 atom stereocenters. The van der Waals surface area contributed by atoms with E-state index in [1.807, 2.05) is 24.0 Å². The average molecular weight is 316 g/mol. The van der Waals surface area contributed by atoms with Gasteiger partial charge in [-0.05, 0) is 31.9 Å². The number of piperidine rings is 1. The van der Waals surface area contributed by atoms with Crippen LogP contribution in [0.3, 0.4) is 0 Å². The molecule has 7 heteroatoms. The van der Waals surface area contributed by atoms with Crippen LogP contribution in [-0.4, -0.2) is 52.8 Å². The first kappa shape index (κ1) is 15.6. The third kappa shape index (κ3) is 3.56. The normalized spacial score (nSPS) is 15.8. The van der Waals surface area contributed by atoms with Crippen molar-refractivity contribution < 1.29 is 13.9 Å². The maximum Gasteiger partial charge on any atom is 0.249 e. The summed E-state index contributed by atoms with van der Waals surface area (Å²) in [5.41, 5.74) is 1.77. The van der Waals surface area contributed by atoms with Gasteiger partial charge in [0.2, 0.25) is 17.7 Å². The Morgan fingerprint density at radius 3 is 2.78 bits per heavy atom. The molecule has 0 saturated carbocycles. The number of likely N-dealkylation sites (tertiary alicyclic amines) is 1. The van der Waals surface area contributed by atoms with Gasteiger partial charge in [0.25, 0.3) is 0 Å². The van der Waals surface area contributed by atoms with E-state index in [1.165, 1.54) is 7.11 Å². The van der Waals surface area contributed by atoms with Gasteiger partial charge < -0.3 is 14.1 Å².